The van der Waals surface area contributed by atoms with Crippen molar-refractivity contribution in [3.05, 3.63) is 65.5 Å². The molecular formula is C28H35N3O8S3. The molecule has 0 radical (unpaired) electrons. The zero-order chi connectivity index (χ0) is 30.7. The van der Waals surface area contributed by atoms with E-state index >= 15 is 0 Å². The fraction of sp³-hybridized carbons (Fsp3) is 0.393. The molecule has 0 fully saturated rings. The first kappa shape index (κ1) is 31.8. The smallest absolute Gasteiger partial charge is 0.271 e. The van der Waals surface area contributed by atoms with E-state index in [4.69, 9.17) is 9.47 Å². The van der Waals surface area contributed by atoms with Crippen LogP contribution in [0.1, 0.15) is 19.4 Å². The molecule has 11 nitrogen and oxygen atoms in total. The van der Waals surface area contributed by atoms with Crippen molar-refractivity contribution in [2.75, 3.05) is 38.6 Å². The van der Waals surface area contributed by atoms with Gasteiger partial charge in [0.2, 0.25) is 15.9 Å². The minimum Gasteiger partial charge on any atom is -0.497 e. The first-order valence-corrected chi connectivity index (χ1v) is 17.0. The number of hydrogen-bond acceptors (Lipinski definition) is 9. The van der Waals surface area contributed by atoms with Gasteiger partial charge in [-0.2, -0.15) is 4.31 Å². The van der Waals surface area contributed by atoms with Gasteiger partial charge in [-0.1, -0.05) is 13.0 Å². The molecule has 228 valence electrons. The maximum Gasteiger partial charge on any atom is 0.271 e. The van der Waals surface area contributed by atoms with Gasteiger partial charge in [-0.15, -0.1) is 11.3 Å². The third-order valence-electron chi connectivity index (χ3n) is 7.13. The molecule has 0 aliphatic carbocycles. The number of ether oxygens (including phenoxy) is 2. The number of likely N-dealkylation sites (N-methyl/N-ethyl adjacent to an activating group) is 1. The molecule has 3 aromatic rings. The molecule has 2 heterocycles. The van der Waals surface area contributed by atoms with Gasteiger partial charge >= 0.3 is 0 Å². The average Bonchev–Trinajstić information content (AvgIpc) is 3.53. The molecule has 1 aliphatic rings. The lowest BCUT2D eigenvalue weighted by molar-refractivity contribution is -0.134. The van der Waals surface area contributed by atoms with E-state index < -0.39 is 32.2 Å². The summed E-state index contributed by atoms with van der Waals surface area (Å²) in [5, 5.41) is 11.5. The van der Waals surface area contributed by atoms with Crippen LogP contribution in [0.2, 0.25) is 0 Å². The minimum atomic E-state index is -3.89. The number of fused-ring (bicyclic) bond motifs is 1. The molecule has 0 unspecified atom stereocenters. The maximum absolute atomic E-state index is 13.4. The van der Waals surface area contributed by atoms with Crippen molar-refractivity contribution < 1.29 is 36.2 Å². The Hall–Kier alpha value is -3.17. The molecule has 2 N–H and O–H groups in total. The first-order valence-electron chi connectivity index (χ1n) is 13.2. The first-order chi connectivity index (χ1) is 19.8. The van der Waals surface area contributed by atoms with E-state index in [-0.39, 0.29) is 52.7 Å². The van der Waals surface area contributed by atoms with E-state index in [1.165, 1.54) is 36.7 Å². The van der Waals surface area contributed by atoms with Crippen molar-refractivity contribution in [2.45, 2.75) is 41.5 Å². The molecule has 1 aliphatic heterocycles. The van der Waals surface area contributed by atoms with Gasteiger partial charge in [0.05, 0.1) is 37.6 Å². The Morgan fingerprint density at radius 1 is 1.17 bits per heavy atom. The Morgan fingerprint density at radius 3 is 2.50 bits per heavy atom. The number of carbonyl (C=O) groups is 1. The minimum absolute atomic E-state index is 0.0305. The number of anilines is 1. The average molecular weight is 638 g/mol. The highest BCUT2D eigenvalue weighted by Gasteiger charge is 2.33. The van der Waals surface area contributed by atoms with E-state index in [1.807, 2.05) is 6.92 Å². The summed E-state index contributed by atoms with van der Waals surface area (Å²) in [7, 11) is -4.75. The molecular weight excluding hydrogens is 603 g/mol. The second-order valence-corrected chi connectivity index (χ2v) is 15.1. The monoisotopic (exact) mass is 637 g/mol. The van der Waals surface area contributed by atoms with Crippen molar-refractivity contribution in [3.8, 4) is 11.5 Å². The second kappa shape index (κ2) is 13.0. The molecule has 42 heavy (non-hydrogen) atoms. The standard InChI is InChI=1S/C28H35N3O8S3/c1-19-16-31(20(2)18-32)27(33)15-21-14-22(29-41(34,35)28-6-5-13-40-28)7-12-25(21)39-26(19)17-30(3)42(36,37)24-10-8-23(38-4)9-11-24/h5-14,19-20,26,29,32H,15-18H2,1-4H3/t19-,20-,26-/m1/s1. The van der Waals surface area contributed by atoms with Gasteiger partial charge < -0.3 is 19.5 Å². The van der Waals surface area contributed by atoms with Crippen LogP contribution in [0.4, 0.5) is 5.69 Å². The summed E-state index contributed by atoms with van der Waals surface area (Å²) in [4.78, 5) is 15.1. The molecule has 14 heteroatoms. The number of hydrogen-bond donors (Lipinski definition) is 2. The third-order valence-corrected chi connectivity index (χ3v) is 11.7. The van der Waals surface area contributed by atoms with Gasteiger partial charge in [0.1, 0.15) is 21.8 Å². The largest absolute Gasteiger partial charge is 0.497 e. The van der Waals surface area contributed by atoms with E-state index in [1.54, 1.807) is 53.6 Å². The summed E-state index contributed by atoms with van der Waals surface area (Å²) in [6, 6.07) is 13.4. The number of amides is 1. The highest BCUT2D eigenvalue weighted by atomic mass is 32.2. The van der Waals surface area contributed by atoms with Gasteiger partial charge in [-0.05, 0) is 60.8 Å². The molecule has 4 rings (SSSR count). The number of thiophene rings is 1. The molecule has 0 spiro atoms. The summed E-state index contributed by atoms with van der Waals surface area (Å²) in [5.74, 6) is 0.264. The number of aliphatic hydroxyl groups is 1. The van der Waals surface area contributed by atoms with Crippen LogP contribution in [0.25, 0.3) is 0 Å². The normalized spacial score (nSPS) is 18.8. The summed E-state index contributed by atoms with van der Waals surface area (Å²) in [6.07, 6.45) is -0.789. The van der Waals surface area contributed by atoms with Gasteiger partial charge in [0.25, 0.3) is 10.0 Å². The second-order valence-electron chi connectivity index (χ2n) is 10.2. The molecule has 3 atom stereocenters. The number of carbonyl (C=O) groups excluding carboxylic acids is 1. The van der Waals surface area contributed by atoms with Crippen LogP contribution in [0.3, 0.4) is 0 Å². The third kappa shape index (κ3) is 7.06. The molecule has 0 saturated carbocycles. The van der Waals surface area contributed by atoms with Crippen molar-refractivity contribution >= 4 is 43.0 Å². The zero-order valence-electron chi connectivity index (χ0n) is 23.8. The lowest BCUT2D eigenvalue weighted by Crippen LogP contribution is -2.48. The van der Waals surface area contributed by atoms with E-state index in [9.17, 15) is 26.7 Å². The van der Waals surface area contributed by atoms with Crippen molar-refractivity contribution in [1.82, 2.24) is 9.21 Å². The Balaban J connectivity index is 1.67. The molecule has 1 amide bonds. The van der Waals surface area contributed by atoms with E-state index in [0.29, 0.717) is 17.1 Å². The van der Waals surface area contributed by atoms with Crippen molar-refractivity contribution in [1.29, 1.82) is 0 Å². The van der Waals surface area contributed by atoms with Gasteiger partial charge in [-0.25, -0.2) is 16.8 Å². The van der Waals surface area contributed by atoms with Crippen molar-refractivity contribution in [3.63, 3.8) is 0 Å². The Morgan fingerprint density at radius 2 is 1.88 bits per heavy atom. The number of sulfonamides is 2. The fourth-order valence-corrected chi connectivity index (χ4v) is 7.84. The number of benzene rings is 2. The van der Waals surface area contributed by atoms with Gasteiger partial charge in [0, 0.05) is 30.8 Å². The SMILES string of the molecule is COc1ccc(S(=O)(=O)N(C)C[C@H]2Oc3ccc(NS(=O)(=O)c4cccs4)cc3CC(=O)N([C@H](C)CO)C[C@H]2C)cc1. The number of rotatable bonds is 10. The Bertz CT molecular complexity index is 1590. The molecule has 0 bridgehead atoms. The van der Waals surface area contributed by atoms with Crippen molar-refractivity contribution in [2.24, 2.45) is 5.92 Å². The maximum atomic E-state index is 13.4. The fourth-order valence-electron chi connectivity index (χ4n) is 4.61. The summed E-state index contributed by atoms with van der Waals surface area (Å²) in [5.41, 5.74) is 0.685. The zero-order valence-corrected chi connectivity index (χ0v) is 26.2. The predicted molar refractivity (Wildman–Crippen MR) is 160 cm³/mol. The summed E-state index contributed by atoms with van der Waals surface area (Å²) >= 11 is 1.08. The van der Waals surface area contributed by atoms with Crippen LogP contribution in [0, 0.1) is 5.92 Å². The van der Waals surface area contributed by atoms with Crippen LogP contribution in [-0.2, 0) is 31.3 Å². The van der Waals surface area contributed by atoms with Crippen LogP contribution < -0.4 is 14.2 Å². The number of nitrogens with one attached hydrogen (secondary N) is 1. The van der Waals surface area contributed by atoms with Gasteiger partial charge in [0.15, 0.2) is 0 Å². The summed E-state index contributed by atoms with van der Waals surface area (Å²) in [6.45, 7) is 3.51. The van der Waals surface area contributed by atoms with Crippen LogP contribution in [-0.4, -0.2) is 83.1 Å². The van der Waals surface area contributed by atoms with Crippen LogP contribution in [0.15, 0.2) is 69.1 Å². The van der Waals surface area contributed by atoms with Crippen LogP contribution >= 0.6 is 11.3 Å². The highest BCUT2D eigenvalue weighted by Crippen LogP contribution is 2.31. The van der Waals surface area contributed by atoms with E-state index in [2.05, 4.69) is 4.72 Å². The van der Waals surface area contributed by atoms with E-state index in [0.717, 1.165) is 11.3 Å². The predicted octanol–water partition coefficient (Wildman–Crippen LogP) is 3.03. The molecule has 0 saturated heterocycles. The number of nitrogens with zero attached hydrogens (tertiary/aromatic N) is 2. The highest BCUT2D eigenvalue weighted by molar-refractivity contribution is 7.94. The lowest BCUT2D eigenvalue weighted by Gasteiger charge is -2.33. The lowest BCUT2D eigenvalue weighted by atomic mass is 10.0. The topological polar surface area (TPSA) is 143 Å². The number of aliphatic hydroxyl groups excluding tert-OH is 1. The molecule has 2 aromatic carbocycles. The summed E-state index contributed by atoms with van der Waals surface area (Å²) < 4.78 is 67.8. The molecule has 1 aromatic heterocycles. The quantitative estimate of drug-likeness (QED) is 0.346. The number of methoxy groups -OCH3 is 1. The Labute approximate surface area is 250 Å². The van der Waals surface area contributed by atoms with Crippen LogP contribution in [0.5, 0.6) is 11.5 Å². The van der Waals surface area contributed by atoms with Gasteiger partial charge in [-0.3, -0.25) is 9.52 Å². The Kier molecular flexibility index (Phi) is 9.83.